The van der Waals surface area contributed by atoms with Crippen molar-refractivity contribution in [3.63, 3.8) is 0 Å². The van der Waals surface area contributed by atoms with Gasteiger partial charge in [-0.15, -0.1) is 10.2 Å². The molecule has 40 heavy (non-hydrogen) atoms. The van der Waals surface area contributed by atoms with Crippen LogP contribution < -0.4 is 19.5 Å². The van der Waals surface area contributed by atoms with E-state index in [1.165, 1.54) is 11.8 Å². The molecule has 6 rings (SSSR count). The predicted molar refractivity (Wildman–Crippen MR) is 154 cm³/mol. The number of para-hydroxylation sites is 1. The highest BCUT2D eigenvalue weighted by molar-refractivity contribution is 8.00. The molecule has 1 N–H and O–H groups in total. The third-order valence-electron chi connectivity index (χ3n) is 6.28. The summed E-state index contributed by atoms with van der Waals surface area (Å²) in [5, 5.41) is 12.2. The number of hydrogen-bond donors (Lipinski definition) is 1. The van der Waals surface area contributed by atoms with Gasteiger partial charge in [0.15, 0.2) is 22.5 Å². The van der Waals surface area contributed by atoms with Crippen LogP contribution in [0.1, 0.15) is 12.5 Å². The zero-order chi connectivity index (χ0) is 27.3. The Morgan fingerprint density at radius 2 is 1.60 bits per heavy atom. The van der Waals surface area contributed by atoms with E-state index < -0.39 is 5.25 Å². The highest BCUT2D eigenvalue weighted by atomic mass is 32.2. The highest BCUT2D eigenvalue weighted by Gasteiger charge is 2.22. The molecule has 0 radical (unpaired) electrons. The maximum absolute atomic E-state index is 13.1. The maximum Gasteiger partial charge on any atom is 0.237 e. The average Bonchev–Trinajstić information content (AvgIpc) is 3.62. The molecular weight excluding hydrogens is 524 g/mol. The number of nitrogens with zero attached hydrogens (tertiary/aromatic N) is 3. The van der Waals surface area contributed by atoms with Gasteiger partial charge in [-0.25, -0.2) is 0 Å². The molecule has 0 saturated carbocycles. The summed E-state index contributed by atoms with van der Waals surface area (Å²) < 4.78 is 18.9. The summed E-state index contributed by atoms with van der Waals surface area (Å²) in [6.07, 6.45) is 0. The van der Waals surface area contributed by atoms with Gasteiger partial charge in [-0.3, -0.25) is 9.36 Å². The summed E-state index contributed by atoms with van der Waals surface area (Å²) in [5.74, 6) is 3.48. The van der Waals surface area contributed by atoms with Crippen LogP contribution >= 0.6 is 11.8 Å². The van der Waals surface area contributed by atoms with Crippen LogP contribution in [0.5, 0.6) is 23.0 Å². The molecule has 0 bridgehead atoms. The van der Waals surface area contributed by atoms with Crippen molar-refractivity contribution in [3.8, 4) is 34.4 Å². The van der Waals surface area contributed by atoms with Crippen molar-refractivity contribution in [2.24, 2.45) is 0 Å². The van der Waals surface area contributed by atoms with E-state index in [2.05, 4.69) is 15.5 Å². The van der Waals surface area contributed by atoms with Crippen molar-refractivity contribution in [1.29, 1.82) is 0 Å². The van der Waals surface area contributed by atoms with Crippen molar-refractivity contribution in [1.82, 2.24) is 14.8 Å². The SMILES string of the molecule is CC(Sc1nnc(-c2ccccc2)n1Cc1ccc2c(c1)OCO2)C(=O)Nc1ccc(Oc2ccccc2)cc1. The van der Waals surface area contributed by atoms with Gasteiger partial charge in [-0.05, 0) is 61.0 Å². The second-order valence-electron chi connectivity index (χ2n) is 9.13. The monoisotopic (exact) mass is 550 g/mol. The number of thioether (sulfide) groups is 1. The van der Waals surface area contributed by atoms with Gasteiger partial charge >= 0.3 is 0 Å². The van der Waals surface area contributed by atoms with E-state index in [-0.39, 0.29) is 12.7 Å². The Morgan fingerprint density at radius 3 is 2.38 bits per heavy atom. The number of ether oxygens (including phenoxy) is 3. The van der Waals surface area contributed by atoms with Crippen LogP contribution in [0.15, 0.2) is 108 Å². The fraction of sp³-hybridized carbons (Fsp3) is 0.129. The largest absolute Gasteiger partial charge is 0.457 e. The van der Waals surface area contributed by atoms with Crippen molar-refractivity contribution < 1.29 is 19.0 Å². The quantitative estimate of drug-likeness (QED) is 0.206. The number of hydrogen-bond acceptors (Lipinski definition) is 7. The number of amides is 1. The van der Waals surface area contributed by atoms with Gasteiger partial charge in [0.2, 0.25) is 12.7 Å². The lowest BCUT2D eigenvalue weighted by molar-refractivity contribution is -0.115. The van der Waals surface area contributed by atoms with Crippen LogP contribution in [-0.4, -0.2) is 32.7 Å². The van der Waals surface area contributed by atoms with Crippen LogP contribution in [0.25, 0.3) is 11.4 Å². The molecule has 5 aromatic rings. The number of nitrogens with one attached hydrogen (secondary N) is 1. The molecule has 1 unspecified atom stereocenters. The van der Waals surface area contributed by atoms with E-state index in [0.29, 0.717) is 28.9 Å². The summed E-state index contributed by atoms with van der Waals surface area (Å²) in [4.78, 5) is 13.1. The van der Waals surface area contributed by atoms with E-state index >= 15 is 0 Å². The van der Waals surface area contributed by atoms with E-state index in [4.69, 9.17) is 14.2 Å². The van der Waals surface area contributed by atoms with E-state index in [9.17, 15) is 4.79 Å². The molecule has 1 atom stereocenters. The fourth-order valence-electron chi connectivity index (χ4n) is 4.23. The van der Waals surface area contributed by atoms with Crippen LogP contribution in [0.4, 0.5) is 5.69 Å². The van der Waals surface area contributed by atoms with E-state index in [1.807, 2.05) is 115 Å². The van der Waals surface area contributed by atoms with Gasteiger partial charge in [0.1, 0.15) is 11.5 Å². The first-order chi connectivity index (χ1) is 19.6. The molecule has 1 aliphatic rings. The first-order valence-corrected chi connectivity index (χ1v) is 13.7. The standard InChI is InChI=1S/C31H26N4O4S/c1-21(30(36)32-24-13-15-26(16-14-24)39-25-10-6-3-7-11-25)40-31-34-33-29(23-8-4-2-5-9-23)35(31)19-22-12-17-27-28(18-22)38-20-37-27/h2-18,21H,19-20H2,1H3,(H,32,36). The van der Waals surface area contributed by atoms with Crippen LogP contribution in [0.3, 0.4) is 0 Å². The number of carbonyl (C=O) groups is 1. The van der Waals surface area contributed by atoms with Gasteiger partial charge in [0.25, 0.3) is 0 Å². The summed E-state index contributed by atoms with van der Waals surface area (Å²) in [5.41, 5.74) is 2.64. The second-order valence-corrected chi connectivity index (χ2v) is 10.4. The Balaban J connectivity index is 1.17. The molecule has 9 heteroatoms. The Labute approximate surface area is 235 Å². The normalized spacial score (nSPS) is 12.6. The maximum atomic E-state index is 13.1. The molecule has 4 aromatic carbocycles. The molecular formula is C31H26N4O4S. The number of fused-ring (bicyclic) bond motifs is 1. The third kappa shape index (κ3) is 5.79. The van der Waals surface area contributed by atoms with Crippen molar-refractivity contribution in [3.05, 3.63) is 109 Å². The minimum atomic E-state index is -0.427. The minimum Gasteiger partial charge on any atom is -0.457 e. The lowest BCUT2D eigenvalue weighted by Gasteiger charge is -2.14. The summed E-state index contributed by atoms with van der Waals surface area (Å²) in [6.45, 7) is 2.58. The number of benzene rings is 4. The molecule has 1 amide bonds. The van der Waals surface area contributed by atoms with E-state index in [0.717, 1.165) is 28.5 Å². The van der Waals surface area contributed by atoms with Gasteiger partial charge in [0.05, 0.1) is 11.8 Å². The Morgan fingerprint density at radius 1 is 0.900 bits per heavy atom. The molecule has 200 valence electrons. The third-order valence-corrected chi connectivity index (χ3v) is 7.36. The average molecular weight is 551 g/mol. The number of rotatable bonds is 9. The molecule has 2 heterocycles. The van der Waals surface area contributed by atoms with Gasteiger partial charge < -0.3 is 19.5 Å². The Hall–Kier alpha value is -4.76. The molecule has 1 aromatic heterocycles. The Bertz CT molecular complexity index is 1610. The number of anilines is 1. The van der Waals surface area contributed by atoms with Crippen LogP contribution in [0, 0.1) is 0 Å². The zero-order valence-electron chi connectivity index (χ0n) is 21.7. The van der Waals surface area contributed by atoms with Crippen LogP contribution in [-0.2, 0) is 11.3 Å². The van der Waals surface area contributed by atoms with Crippen LogP contribution in [0.2, 0.25) is 0 Å². The summed E-state index contributed by atoms with van der Waals surface area (Å²) in [7, 11) is 0. The predicted octanol–water partition coefficient (Wildman–Crippen LogP) is 6.63. The minimum absolute atomic E-state index is 0.138. The van der Waals surface area contributed by atoms with Crippen molar-refractivity contribution >= 4 is 23.4 Å². The second kappa shape index (κ2) is 11.5. The molecule has 0 aliphatic carbocycles. The first-order valence-electron chi connectivity index (χ1n) is 12.8. The van der Waals surface area contributed by atoms with Gasteiger partial charge in [-0.2, -0.15) is 0 Å². The molecule has 0 saturated heterocycles. The molecule has 1 aliphatic heterocycles. The van der Waals surface area contributed by atoms with Gasteiger partial charge in [-0.1, -0.05) is 66.4 Å². The number of aromatic nitrogens is 3. The lowest BCUT2D eigenvalue weighted by atomic mass is 10.2. The number of carbonyl (C=O) groups excluding carboxylic acids is 1. The highest BCUT2D eigenvalue weighted by Crippen LogP contribution is 2.34. The molecule has 8 nitrogen and oxygen atoms in total. The summed E-state index contributed by atoms with van der Waals surface area (Å²) in [6, 6.07) is 32.6. The van der Waals surface area contributed by atoms with Crippen molar-refractivity contribution in [2.45, 2.75) is 23.9 Å². The Kier molecular flexibility index (Phi) is 7.37. The smallest absolute Gasteiger partial charge is 0.237 e. The first kappa shape index (κ1) is 25.5. The molecule has 0 spiro atoms. The lowest BCUT2D eigenvalue weighted by Crippen LogP contribution is -2.23. The zero-order valence-corrected chi connectivity index (χ0v) is 22.5. The topological polar surface area (TPSA) is 87.5 Å². The summed E-state index contributed by atoms with van der Waals surface area (Å²) >= 11 is 1.36. The van der Waals surface area contributed by atoms with E-state index in [1.54, 1.807) is 0 Å². The fourth-order valence-corrected chi connectivity index (χ4v) is 5.08. The van der Waals surface area contributed by atoms with Crippen molar-refractivity contribution in [2.75, 3.05) is 12.1 Å². The van der Waals surface area contributed by atoms with Gasteiger partial charge in [0, 0.05) is 11.3 Å². The molecule has 0 fully saturated rings.